The Morgan fingerprint density at radius 2 is 1.93 bits per heavy atom. The van der Waals surface area contributed by atoms with Crippen LogP contribution in [-0.4, -0.2) is 24.4 Å². The van der Waals surface area contributed by atoms with Gasteiger partial charge in [-0.15, -0.1) is 11.3 Å². The summed E-state index contributed by atoms with van der Waals surface area (Å²) in [7, 11) is -3.80. The molecule has 0 fully saturated rings. The number of thiazole rings is 1. The summed E-state index contributed by atoms with van der Waals surface area (Å²) in [6, 6.07) is 12.5. The molecule has 0 amide bonds. The van der Waals surface area contributed by atoms with Crippen molar-refractivity contribution in [2.24, 2.45) is 0 Å². The number of imidazole rings is 1. The van der Waals surface area contributed by atoms with Crippen LogP contribution in [0.15, 0.2) is 65.1 Å². The van der Waals surface area contributed by atoms with E-state index in [4.69, 9.17) is 4.74 Å². The van der Waals surface area contributed by atoms with Crippen LogP contribution in [0.2, 0.25) is 0 Å². The van der Waals surface area contributed by atoms with Gasteiger partial charge in [-0.05, 0) is 42.7 Å². The third-order valence-corrected chi connectivity index (χ3v) is 6.92. The van der Waals surface area contributed by atoms with Crippen molar-refractivity contribution < 1.29 is 13.2 Å². The number of benzene rings is 2. The zero-order valence-electron chi connectivity index (χ0n) is 17.0. The molecule has 0 unspecified atom stereocenters. The largest absolute Gasteiger partial charge is 0.492 e. The van der Waals surface area contributed by atoms with Crippen LogP contribution in [0.4, 0.5) is 5.69 Å². The molecule has 0 saturated carbocycles. The van der Waals surface area contributed by atoms with Crippen molar-refractivity contribution in [1.82, 2.24) is 9.38 Å². The van der Waals surface area contributed by atoms with Crippen molar-refractivity contribution in [3.05, 3.63) is 65.8 Å². The first kappa shape index (κ1) is 20.4. The van der Waals surface area contributed by atoms with E-state index in [1.807, 2.05) is 61.1 Å². The minimum atomic E-state index is -3.80. The molecule has 4 aromatic rings. The summed E-state index contributed by atoms with van der Waals surface area (Å²) < 4.78 is 36.4. The van der Waals surface area contributed by atoms with Crippen LogP contribution < -0.4 is 9.46 Å². The van der Waals surface area contributed by atoms with Crippen molar-refractivity contribution in [2.75, 3.05) is 11.3 Å². The molecule has 6 nitrogen and oxygen atoms in total. The molecule has 0 bridgehead atoms. The Labute approximate surface area is 180 Å². The van der Waals surface area contributed by atoms with Crippen LogP contribution >= 0.6 is 11.3 Å². The number of rotatable bonds is 7. The summed E-state index contributed by atoms with van der Waals surface area (Å²) in [4.78, 5) is 5.65. The van der Waals surface area contributed by atoms with E-state index in [1.165, 1.54) is 0 Å². The Bertz CT molecular complexity index is 1240. The van der Waals surface area contributed by atoms with Crippen molar-refractivity contribution in [3.8, 4) is 17.0 Å². The quantitative estimate of drug-likeness (QED) is 0.418. The highest BCUT2D eigenvalue weighted by Crippen LogP contribution is 2.30. The van der Waals surface area contributed by atoms with Gasteiger partial charge in [-0.25, -0.2) is 13.4 Å². The summed E-state index contributed by atoms with van der Waals surface area (Å²) in [5, 5.41) is 1.98. The van der Waals surface area contributed by atoms with E-state index >= 15 is 0 Å². The molecule has 30 heavy (non-hydrogen) atoms. The second-order valence-electron chi connectivity index (χ2n) is 7.20. The predicted molar refractivity (Wildman–Crippen MR) is 121 cm³/mol. The molecule has 0 radical (unpaired) electrons. The molecule has 0 aliphatic heterocycles. The van der Waals surface area contributed by atoms with Gasteiger partial charge in [0.2, 0.25) is 0 Å². The van der Waals surface area contributed by atoms with Crippen LogP contribution in [0.5, 0.6) is 5.75 Å². The van der Waals surface area contributed by atoms with Crippen molar-refractivity contribution >= 4 is 32.0 Å². The molecule has 0 saturated heterocycles. The molecular weight excluding hydrogens is 418 g/mol. The zero-order valence-corrected chi connectivity index (χ0v) is 18.6. The highest BCUT2D eigenvalue weighted by atomic mass is 32.2. The first-order valence-corrected chi connectivity index (χ1v) is 12.1. The van der Waals surface area contributed by atoms with Crippen molar-refractivity contribution in [2.45, 2.75) is 31.6 Å². The van der Waals surface area contributed by atoms with E-state index in [9.17, 15) is 8.42 Å². The van der Waals surface area contributed by atoms with E-state index in [-0.39, 0.29) is 10.8 Å². The van der Waals surface area contributed by atoms with E-state index in [0.717, 1.165) is 21.8 Å². The normalized spacial score (nSPS) is 11.9. The smallest absolute Gasteiger partial charge is 0.265 e. The van der Waals surface area contributed by atoms with Gasteiger partial charge in [0.15, 0.2) is 4.96 Å². The van der Waals surface area contributed by atoms with Crippen molar-refractivity contribution in [1.29, 1.82) is 0 Å². The maximum absolute atomic E-state index is 13.1. The molecular formula is C22H23N3O3S2. The average molecular weight is 442 g/mol. The van der Waals surface area contributed by atoms with Gasteiger partial charge in [-0.2, -0.15) is 0 Å². The Morgan fingerprint density at radius 1 is 1.17 bits per heavy atom. The van der Waals surface area contributed by atoms with Crippen LogP contribution in [0.3, 0.4) is 0 Å². The van der Waals surface area contributed by atoms with E-state index < -0.39 is 10.0 Å². The second-order valence-corrected chi connectivity index (χ2v) is 9.72. The average Bonchev–Trinajstić information content (AvgIpc) is 3.31. The van der Waals surface area contributed by atoms with Gasteiger partial charge in [-0.1, -0.05) is 32.0 Å². The van der Waals surface area contributed by atoms with Gasteiger partial charge in [0.1, 0.15) is 10.6 Å². The SMILES string of the molecule is CCOc1ccc(C(C)C)cc1S(=O)(=O)Nc1ccc(-c2cn3ccsc3n2)cc1. The van der Waals surface area contributed by atoms with E-state index in [1.54, 1.807) is 35.6 Å². The van der Waals surface area contributed by atoms with Gasteiger partial charge >= 0.3 is 0 Å². The molecule has 2 aromatic heterocycles. The minimum Gasteiger partial charge on any atom is -0.492 e. The molecule has 0 atom stereocenters. The van der Waals surface area contributed by atoms with Gasteiger partial charge in [-0.3, -0.25) is 9.12 Å². The molecule has 0 aliphatic rings. The summed E-state index contributed by atoms with van der Waals surface area (Å²) in [6.07, 6.45) is 3.91. The third kappa shape index (κ3) is 4.06. The Balaban J connectivity index is 1.61. The summed E-state index contributed by atoms with van der Waals surface area (Å²) >= 11 is 1.57. The number of aromatic nitrogens is 2. The first-order valence-electron chi connectivity index (χ1n) is 9.69. The van der Waals surface area contributed by atoms with Crippen LogP contribution in [0, 0.1) is 0 Å². The fourth-order valence-corrected chi connectivity index (χ4v) is 5.09. The lowest BCUT2D eigenvalue weighted by Gasteiger charge is -2.15. The molecule has 2 heterocycles. The molecule has 1 N–H and O–H groups in total. The van der Waals surface area contributed by atoms with E-state index in [0.29, 0.717) is 18.0 Å². The number of nitrogens with one attached hydrogen (secondary N) is 1. The monoisotopic (exact) mass is 441 g/mol. The zero-order chi connectivity index (χ0) is 21.3. The van der Waals surface area contributed by atoms with Crippen LogP contribution in [-0.2, 0) is 10.0 Å². The lowest BCUT2D eigenvalue weighted by molar-refractivity contribution is 0.331. The van der Waals surface area contributed by atoms with Gasteiger partial charge in [0, 0.05) is 29.0 Å². The lowest BCUT2D eigenvalue weighted by atomic mass is 10.0. The number of hydrogen-bond acceptors (Lipinski definition) is 5. The molecule has 8 heteroatoms. The van der Waals surface area contributed by atoms with Crippen LogP contribution in [0.25, 0.3) is 16.2 Å². The standard InChI is InChI=1S/C22H23N3O3S2/c1-4-28-20-10-7-17(15(2)3)13-21(20)30(26,27)24-18-8-5-16(6-9-18)19-14-25-11-12-29-22(25)23-19/h5-15,24H,4H2,1-3H3. The fourth-order valence-electron chi connectivity index (χ4n) is 3.15. The predicted octanol–water partition coefficient (Wildman–Crippen LogP) is 5.39. The summed E-state index contributed by atoms with van der Waals surface area (Å²) in [5.74, 6) is 0.558. The lowest BCUT2D eigenvalue weighted by Crippen LogP contribution is -2.15. The highest BCUT2D eigenvalue weighted by molar-refractivity contribution is 7.92. The Hall–Kier alpha value is -2.84. The summed E-state index contributed by atoms with van der Waals surface area (Å²) in [6.45, 7) is 6.27. The maximum atomic E-state index is 13.1. The number of sulfonamides is 1. The number of fused-ring (bicyclic) bond motifs is 1. The number of hydrogen-bond donors (Lipinski definition) is 1. The molecule has 0 spiro atoms. The Morgan fingerprint density at radius 3 is 2.60 bits per heavy atom. The minimum absolute atomic E-state index is 0.147. The maximum Gasteiger partial charge on any atom is 0.265 e. The first-order chi connectivity index (χ1) is 14.4. The summed E-state index contributed by atoms with van der Waals surface area (Å²) in [5.41, 5.74) is 3.19. The Kier molecular flexibility index (Phi) is 5.53. The molecule has 2 aromatic carbocycles. The number of anilines is 1. The molecule has 156 valence electrons. The van der Waals surface area contributed by atoms with Crippen LogP contribution in [0.1, 0.15) is 32.3 Å². The molecule has 0 aliphatic carbocycles. The fraction of sp³-hybridized carbons (Fsp3) is 0.227. The van der Waals surface area contributed by atoms with E-state index in [2.05, 4.69) is 9.71 Å². The highest BCUT2D eigenvalue weighted by Gasteiger charge is 2.21. The topological polar surface area (TPSA) is 72.7 Å². The number of nitrogens with zero attached hydrogens (tertiary/aromatic N) is 2. The second kappa shape index (κ2) is 8.12. The van der Waals surface area contributed by atoms with Gasteiger partial charge < -0.3 is 4.74 Å². The third-order valence-electron chi connectivity index (χ3n) is 4.75. The number of ether oxygens (including phenoxy) is 1. The van der Waals surface area contributed by atoms with Gasteiger partial charge in [0.25, 0.3) is 10.0 Å². The van der Waals surface area contributed by atoms with Gasteiger partial charge in [0.05, 0.1) is 12.3 Å². The molecule has 4 rings (SSSR count). The van der Waals surface area contributed by atoms with Crippen molar-refractivity contribution in [3.63, 3.8) is 0 Å².